The lowest BCUT2D eigenvalue weighted by atomic mass is 10.2. The standard InChI is InChI=1S/C13H17N3O/c1-14-11-7-3-4-8-12(11)16(13(14)17)15-9-5-2-6-10-15/h3-4,7-8H,2,5-6,9-10H2,1H3. The van der Waals surface area contributed by atoms with Crippen molar-refractivity contribution in [3.8, 4) is 0 Å². The van der Waals surface area contributed by atoms with Gasteiger partial charge in [0, 0.05) is 20.1 Å². The van der Waals surface area contributed by atoms with Crippen LogP contribution in [0.4, 0.5) is 0 Å². The smallest absolute Gasteiger partial charge is 0.308 e. The van der Waals surface area contributed by atoms with Crippen LogP contribution in [0, 0.1) is 0 Å². The topological polar surface area (TPSA) is 30.2 Å². The Hall–Kier alpha value is -1.71. The van der Waals surface area contributed by atoms with Crippen LogP contribution < -0.4 is 10.7 Å². The number of rotatable bonds is 1. The van der Waals surface area contributed by atoms with Crippen LogP contribution in [0.25, 0.3) is 11.0 Å². The Morgan fingerprint density at radius 2 is 1.65 bits per heavy atom. The Bertz CT molecular complexity index is 590. The molecule has 1 saturated heterocycles. The molecule has 0 bridgehead atoms. The van der Waals surface area contributed by atoms with Crippen LogP contribution in [0.15, 0.2) is 29.1 Å². The Balaban J connectivity index is 2.21. The van der Waals surface area contributed by atoms with Gasteiger partial charge in [0.1, 0.15) is 0 Å². The van der Waals surface area contributed by atoms with E-state index in [2.05, 4.69) is 5.01 Å². The second kappa shape index (κ2) is 3.95. The number of hydrogen-bond acceptors (Lipinski definition) is 2. The van der Waals surface area contributed by atoms with Crippen LogP contribution in [-0.4, -0.2) is 22.3 Å². The number of piperidine rings is 1. The number of benzene rings is 1. The summed E-state index contributed by atoms with van der Waals surface area (Å²) >= 11 is 0. The van der Waals surface area contributed by atoms with E-state index in [1.807, 2.05) is 36.0 Å². The van der Waals surface area contributed by atoms with Crippen LogP contribution in [0.3, 0.4) is 0 Å². The molecule has 90 valence electrons. The Labute approximate surface area is 100 Å². The van der Waals surface area contributed by atoms with Gasteiger partial charge in [0.25, 0.3) is 0 Å². The van der Waals surface area contributed by atoms with E-state index >= 15 is 0 Å². The van der Waals surface area contributed by atoms with Gasteiger partial charge < -0.3 is 5.01 Å². The van der Waals surface area contributed by atoms with Crippen molar-refractivity contribution in [3.63, 3.8) is 0 Å². The predicted molar refractivity (Wildman–Crippen MR) is 69.0 cm³/mol. The molecule has 0 saturated carbocycles. The van der Waals surface area contributed by atoms with Crippen molar-refractivity contribution in [2.45, 2.75) is 19.3 Å². The number of aromatic nitrogens is 2. The molecule has 2 heterocycles. The number of hydrogen-bond donors (Lipinski definition) is 0. The van der Waals surface area contributed by atoms with Gasteiger partial charge in [-0.1, -0.05) is 12.1 Å². The normalized spacial score (nSPS) is 16.6. The van der Waals surface area contributed by atoms with Crippen LogP contribution in [-0.2, 0) is 7.05 Å². The van der Waals surface area contributed by atoms with E-state index in [1.165, 1.54) is 19.3 Å². The van der Waals surface area contributed by atoms with Gasteiger partial charge in [-0.05, 0) is 31.4 Å². The van der Waals surface area contributed by atoms with Crippen LogP contribution in [0.5, 0.6) is 0 Å². The summed E-state index contributed by atoms with van der Waals surface area (Å²) in [6.07, 6.45) is 3.63. The van der Waals surface area contributed by atoms with Crippen molar-refractivity contribution in [2.24, 2.45) is 7.05 Å². The maximum atomic E-state index is 12.3. The molecule has 2 aromatic rings. The summed E-state index contributed by atoms with van der Waals surface area (Å²) in [5.41, 5.74) is 2.08. The monoisotopic (exact) mass is 231 g/mol. The molecule has 4 nitrogen and oxygen atoms in total. The van der Waals surface area contributed by atoms with Gasteiger partial charge in [0.2, 0.25) is 0 Å². The Morgan fingerprint density at radius 1 is 1.00 bits per heavy atom. The molecular weight excluding hydrogens is 214 g/mol. The molecule has 4 heteroatoms. The molecule has 1 fully saturated rings. The first-order chi connectivity index (χ1) is 8.29. The SMILES string of the molecule is Cn1c(=O)n(N2CCCCC2)c2ccccc21. The van der Waals surface area contributed by atoms with Crippen molar-refractivity contribution in [1.29, 1.82) is 0 Å². The first-order valence-corrected chi connectivity index (χ1v) is 6.21. The van der Waals surface area contributed by atoms with Crippen molar-refractivity contribution < 1.29 is 0 Å². The van der Waals surface area contributed by atoms with E-state index in [4.69, 9.17) is 0 Å². The third-order valence-corrected chi connectivity index (χ3v) is 3.55. The Kier molecular flexibility index (Phi) is 2.42. The van der Waals surface area contributed by atoms with Crippen molar-refractivity contribution in [1.82, 2.24) is 9.24 Å². The van der Waals surface area contributed by atoms with Crippen LogP contribution >= 0.6 is 0 Å². The minimum Gasteiger partial charge on any atom is -0.308 e. The average molecular weight is 231 g/mol. The van der Waals surface area contributed by atoms with Crippen molar-refractivity contribution in [3.05, 3.63) is 34.7 Å². The molecule has 1 aliphatic rings. The highest BCUT2D eigenvalue weighted by molar-refractivity contribution is 5.76. The summed E-state index contributed by atoms with van der Waals surface area (Å²) in [6.45, 7) is 1.96. The first kappa shape index (κ1) is 10.4. The molecule has 0 unspecified atom stereocenters. The summed E-state index contributed by atoms with van der Waals surface area (Å²) < 4.78 is 3.57. The molecule has 1 aromatic carbocycles. The molecule has 0 spiro atoms. The highest BCUT2D eigenvalue weighted by Crippen LogP contribution is 2.14. The number of imidazole rings is 1. The zero-order valence-electron chi connectivity index (χ0n) is 10.1. The quantitative estimate of drug-likeness (QED) is 0.744. The summed E-state index contributed by atoms with van der Waals surface area (Å²) in [7, 11) is 1.84. The van der Waals surface area contributed by atoms with Gasteiger partial charge in [0.15, 0.2) is 0 Å². The van der Waals surface area contributed by atoms with E-state index in [-0.39, 0.29) is 5.69 Å². The molecule has 0 atom stereocenters. The third kappa shape index (κ3) is 1.55. The largest absolute Gasteiger partial charge is 0.347 e. The van der Waals surface area contributed by atoms with Gasteiger partial charge in [-0.2, -0.15) is 0 Å². The molecule has 0 aliphatic carbocycles. The maximum absolute atomic E-state index is 12.3. The molecule has 3 rings (SSSR count). The molecule has 17 heavy (non-hydrogen) atoms. The molecular formula is C13H17N3O. The molecule has 1 aliphatic heterocycles. The summed E-state index contributed by atoms with van der Waals surface area (Å²) in [5.74, 6) is 0. The molecule has 0 N–H and O–H groups in total. The molecule has 0 radical (unpaired) electrons. The minimum atomic E-state index is 0.0631. The van der Waals surface area contributed by atoms with Gasteiger partial charge in [-0.25, -0.2) is 9.47 Å². The average Bonchev–Trinajstić information content (AvgIpc) is 2.64. The fourth-order valence-corrected chi connectivity index (χ4v) is 2.63. The van der Waals surface area contributed by atoms with Gasteiger partial charge in [-0.15, -0.1) is 0 Å². The zero-order chi connectivity index (χ0) is 11.8. The van der Waals surface area contributed by atoms with Crippen LogP contribution in [0.2, 0.25) is 0 Å². The van der Waals surface area contributed by atoms with E-state index in [0.717, 1.165) is 24.1 Å². The van der Waals surface area contributed by atoms with E-state index in [0.29, 0.717) is 0 Å². The summed E-state index contributed by atoms with van der Waals surface area (Å²) in [5, 5.41) is 2.17. The number of para-hydroxylation sites is 2. The fraction of sp³-hybridized carbons (Fsp3) is 0.462. The Morgan fingerprint density at radius 3 is 2.35 bits per heavy atom. The lowest BCUT2D eigenvalue weighted by molar-refractivity contribution is 0.474. The van der Waals surface area contributed by atoms with E-state index < -0.39 is 0 Å². The zero-order valence-corrected chi connectivity index (χ0v) is 10.1. The predicted octanol–water partition coefficient (Wildman–Crippen LogP) is 1.46. The van der Waals surface area contributed by atoms with Crippen molar-refractivity contribution in [2.75, 3.05) is 18.1 Å². The number of fused-ring (bicyclic) bond motifs is 1. The minimum absolute atomic E-state index is 0.0631. The second-order valence-electron chi connectivity index (χ2n) is 4.66. The fourth-order valence-electron chi connectivity index (χ4n) is 2.63. The van der Waals surface area contributed by atoms with E-state index in [1.54, 1.807) is 4.57 Å². The number of nitrogens with zero attached hydrogens (tertiary/aromatic N) is 3. The second-order valence-corrected chi connectivity index (χ2v) is 4.66. The van der Waals surface area contributed by atoms with Crippen molar-refractivity contribution >= 4 is 11.0 Å². The van der Waals surface area contributed by atoms with E-state index in [9.17, 15) is 4.79 Å². The van der Waals surface area contributed by atoms with Gasteiger partial charge in [0.05, 0.1) is 11.0 Å². The van der Waals surface area contributed by atoms with Crippen LogP contribution in [0.1, 0.15) is 19.3 Å². The first-order valence-electron chi connectivity index (χ1n) is 6.21. The highest BCUT2D eigenvalue weighted by Gasteiger charge is 2.17. The van der Waals surface area contributed by atoms with Gasteiger partial charge >= 0.3 is 5.69 Å². The lowest BCUT2D eigenvalue weighted by Gasteiger charge is -2.29. The third-order valence-electron chi connectivity index (χ3n) is 3.55. The van der Waals surface area contributed by atoms with Gasteiger partial charge in [-0.3, -0.25) is 4.57 Å². The summed E-state index contributed by atoms with van der Waals surface area (Å²) in [6, 6.07) is 7.98. The lowest BCUT2D eigenvalue weighted by Crippen LogP contribution is -2.45. The molecule has 1 aromatic heterocycles. The highest BCUT2D eigenvalue weighted by atomic mass is 16.2. The molecule has 0 amide bonds. The maximum Gasteiger partial charge on any atom is 0.347 e. The summed E-state index contributed by atoms with van der Waals surface area (Å²) in [4.78, 5) is 12.3. The number of aryl methyl sites for hydroxylation is 1.